The Morgan fingerprint density at radius 2 is 1.84 bits per heavy atom. The number of benzene rings is 2. The van der Waals surface area contributed by atoms with Gasteiger partial charge in [-0.1, -0.05) is 65.9 Å². The maximum absolute atomic E-state index is 12.6. The van der Waals surface area contributed by atoms with Gasteiger partial charge in [-0.05, 0) is 23.8 Å². The quantitative estimate of drug-likeness (QED) is 0.276. The Hall–Kier alpha value is -3.28. The van der Waals surface area contributed by atoms with Gasteiger partial charge >= 0.3 is 0 Å². The van der Waals surface area contributed by atoms with E-state index in [-0.39, 0.29) is 30.1 Å². The average molecular weight is 491 g/mol. The van der Waals surface area contributed by atoms with Gasteiger partial charge < -0.3 is 0 Å². The summed E-state index contributed by atoms with van der Waals surface area (Å²) >= 11 is 12.5. The molecule has 32 heavy (non-hydrogen) atoms. The van der Waals surface area contributed by atoms with Crippen LogP contribution < -0.4 is 10.9 Å². The molecule has 0 atom stereocenters. The van der Waals surface area contributed by atoms with Crippen molar-refractivity contribution in [2.24, 2.45) is 0 Å². The molecule has 0 spiro atoms. The molecule has 1 heterocycles. The van der Waals surface area contributed by atoms with E-state index in [1.807, 2.05) is 0 Å². The molecule has 2 aromatic rings. The molecule has 0 radical (unpaired) electrons. The largest absolute Gasteiger partial charge is 0.292 e. The predicted octanol–water partition coefficient (Wildman–Crippen LogP) is 3.30. The normalized spacial score (nSPS) is 14.5. The van der Waals surface area contributed by atoms with Crippen LogP contribution in [0.3, 0.4) is 0 Å². The van der Waals surface area contributed by atoms with Crippen molar-refractivity contribution in [3.05, 3.63) is 79.7 Å². The fourth-order valence-corrected chi connectivity index (χ4v) is 4.21. The summed E-state index contributed by atoms with van der Waals surface area (Å²) in [6.07, 6.45) is 1.48. The molecule has 1 saturated heterocycles. The van der Waals surface area contributed by atoms with E-state index in [1.165, 1.54) is 29.2 Å². The average Bonchev–Trinajstić information content (AvgIpc) is 3.04. The second kappa shape index (κ2) is 10.4. The third-order valence-electron chi connectivity index (χ3n) is 4.29. The molecular weight excluding hydrogens is 476 g/mol. The number of rotatable bonds is 6. The van der Waals surface area contributed by atoms with E-state index in [1.54, 1.807) is 30.3 Å². The summed E-state index contributed by atoms with van der Waals surface area (Å²) in [7, 11) is 0. The number of thiocarbonyl (C=S) groups is 1. The Kier molecular flexibility index (Phi) is 7.57. The summed E-state index contributed by atoms with van der Waals surface area (Å²) in [6, 6.07) is 12.4. The molecule has 12 heteroatoms. The van der Waals surface area contributed by atoms with E-state index >= 15 is 0 Å². The fraction of sp³-hybridized carbons (Fsp3) is 0.100. The van der Waals surface area contributed by atoms with Crippen LogP contribution in [0.5, 0.6) is 0 Å². The van der Waals surface area contributed by atoms with Gasteiger partial charge in [0.25, 0.3) is 17.5 Å². The zero-order chi connectivity index (χ0) is 23.3. The van der Waals surface area contributed by atoms with Gasteiger partial charge in [0.2, 0.25) is 5.91 Å². The topological polar surface area (TPSA) is 122 Å². The van der Waals surface area contributed by atoms with Crippen LogP contribution in [0.15, 0.2) is 53.4 Å². The molecule has 0 unspecified atom stereocenters. The lowest BCUT2D eigenvalue weighted by Crippen LogP contribution is -2.43. The monoisotopic (exact) mass is 490 g/mol. The summed E-state index contributed by atoms with van der Waals surface area (Å²) in [5.41, 5.74) is 4.40. The van der Waals surface area contributed by atoms with Crippen molar-refractivity contribution in [1.29, 1.82) is 0 Å². The first kappa shape index (κ1) is 23.4. The third kappa shape index (κ3) is 5.49. The Morgan fingerprint density at radius 1 is 1.16 bits per heavy atom. The predicted molar refractivity (Wildman–Crippen MR) is 125 cm³/mol. The molecule has 1 aliphatic rings. The number of hydrogen-bond donors (Lipinski definition) is 2. The van der Waals surface area contributed by atoms with E-state index in [2.05, 4.69) is 10.9 Å². The molecule has 1 fully saturated rings. The number of hydrazine groups is 1. The number of halogens is 1. The Labute approximate surface area is 196 Å². The Morgan fingerprint density at radius 3 is 2.56 bits per heavy atom. The highest BCUT2D eigenvalue weighted by atomic mass is 35.5. The number of nitro groups is 1. The minimum absolute atomic E-state index is 0.00226. The summed E-state index contributed by atoms with van der Waals surface area (Å²) in [5, 5.41) is 11.5. The van der Waals surface area contributed by atoms with Crippen LogP contribution in [0.1, 0.15) is 22.3 Å². The van der Waals surface area contributed by atoms with Crippen molar-refractivity contribution >= 4 is 69.4 Å². The Bertz CT molecular complexity index is 1150. The second-order valence-corrected chi connectivity index (χ2v) is 8.46. The van der Waals surface area contributed by atoms with Gasteiger partial charge in [0.05, 0.1) is 9.83 Å². The lowest BCUT2D eigenvalue weighted by Gasteiger charge is -2.14. The maximum atomic E-state index is 12.6. The number of para-hydroxylation sites is 1. The molecule has 2 aromatic carbocycles. The first-order valence-electron chi connectivity index (χ1n) is 9.10. The third-order valence-corrected chi connectivity index (χ3v) is 6.01. The summed E-state index contributed by atoms with van der Waals surface area (Å²) in [5.74, 6) is -1.78. The summed E-state index contributed by atoms with van der Waals surface area (Å²) < 4.78 is 0.296. The zero-order valence-corrected chi connectivity index (χ0v) is 18.6. The van der Waals surface area contributed by atoms with E-state index in [9.17, 15) is 24.5 Å². The summed E-state index contributed by atoms with van der Waals surface area (Å²) in [4.78, 5) is 48.9. The highest BCUT2D eigenvalue weighted by molar-refractivity contribution is 8.26. The molecular formula is C20H15ClN4O5S2. The van der Waals surface area contributed by atoms with Crippen LogP contribution in [-0.4, -0.2) is 38.4 Å². The van der Waals surface area contributed by atoms with Gasteiger partial charge in [0, 0.05) is 24.1 Å². The molecule has 3 amide bonds. The highest BCUT2D eigenvalue weighted by Crippen LogP contribution is 2.33. The van der Waals surface area contributed by atoms with Gasteiger partial charge in [-0.15, -0.1) is 0 Å². The number of nitrogens with one attached hydrogen (secondary N) is 2. The molecule has 3 rings (SSSR count). The molecule has 0 saturated carbocycles. The fourth-order valence-electron chi connectivity index (χ4n) is 2.72. The van der Waals surface area contributed by atoms with Crippen molar-refractivity contribution in [2.45, 2.75) is 6.42 Å². The van der Waals surface area contributed by atoms with E-state index in [0.717, 1.165) is 11.8 Å². The molecule has 1 aliphatic heterocycles. The number of carbonyl (C=O) groups excluding carboxylic acids is 3. The van der Waals surface area contributed by atoms with Gasteiger partial charge in [0.15, 0.2) is 0 Å². The van der Waals surface area contributed by atoms with Gasteiger partial charge in [-0.3, -0.25) is 40.2 Å². The maximum Gasteiger partial charge on any atom is 0.282 e. The van der Waals surface area contributed by atoms with Crippen LogP contribution in [0.2, 0.25) is 5.02 Å². The standard InChI is InChI=1S/C20H15ClN4O5S2/c21-14-7-3-1-5-12(14)11-16-19(28)24(20(31)32-16)10-9-17(26)22-23-18(27)13-6-2-4-8-15(13)25(29)30/h1-8,11H,9-10H2,(H,22,26)(H,23,27). The van der Waals surface area contributed by atoms with Crippen LogP contribution in [0.25, 0.3) is 6.08 Å². The van der Waals surface area contributed by atoms with Crippen molar-refractivity contribution in [3.63, 3.8) is 0 Å². The van der Waals surface area contributed by atoms with Gasteiger partial charge in [-0.2, -0.15) is 0 Å². The SMILES string of the molecule is O=C(CCN1C(=O)C(=Cc2ccccc2Cl)SC1=S)NNC(=O)c1ccccc1[N+](=O)[O-]. The number of thioether (sulfide) groups is 1. The van der Waals surface area contributed by atoms with Gasteiger partial charge in [-0.25, -0.2) is 0 Å². The van der Waals surface area contributed by atoms with Crippen molar-refractivity contribution in [1.82, 2.24) is 15.8 Å². The number of nitro benzene ring substituents is 1. The molecule has 9 nitrogen and oxygen atoms in total. The lowest BCUT2D eigenvalue weighted by atomic mass is 10.2. The zero-order valence-electron chi connectivity index (χ0n) is 16.2. The molecule has 0 bridgehead atoms. The van der Waals surface area contributed by atoms with Crippen LogP contribution in [0, 0.1) is 10.1 Å². The lowest BCUT2D eigenvalue weighted by molar-refractivity contribution is -0.385. The number of amides is 3. The van der Waals surface area contributed by atoms with E-state index in [0.29, 0.717) is 19.8 Å². The van der Waals surface area contributed by atoms with Crippen LogP contribution >= 0.6 is 35.6 Å². The minimum Gasteiger partial charge on any atom is -0.292 e. The number of carbonyl (C=O) groups is 3. The van der Waals surface area contributed by atoms with Crippen molar-refractivity contribution in [2.75, 3.05) is 6.54 Å². The number of nitrogens with zero attached hydrogens (tertiary/aromatic N) is 2. The Balaban J connectivity index is 1.55. The van der Waals surface area contributed by atoms with Crippen LogP contribution in [0.4, 0.5) is 5.69 Å². The smallest absolute Gasteiger partial charge is 0.282 e. The van der Waals surface area contributed by atoms with E-state index < -0.39 is 16.7 Å². The first-order valence-corrected chi connectivity index (χ1v) is 10.7. The molecule has 164 valence electrons. The molecule has 0 aromatic heterocycles. The van der Waals surface area contributed by atoms with Crippen LogP contribution in [-0.2, 0) is 9.59 Å². The molecule has 2 N–H and O–H groups in total. The van der Waals surface area contributed by atoms with Gasteiger partial charge in [0.1, 0.15) is 9.88 Å². The minimum atomic E-state index is -0.834. The summed E-state index contributed by atoms with van der Waals surface area (Å²) in [6.45, 7) is -0.00226. The van der Waals surface area contributed by atoms with Crippen molar-refractivity contribution in [3.8, 4) is 0 Å². The van der Waals surface area contributed by atoms with Crippen molar-refractivity contribution < 1.29 is 19.3 Å². The number of hydrogen-bond acceptors (Lipinski definition) is 7. The molecule has 0 aliphatic carbocycles. The first-order chi connectivity index (χ1) is 15.3. The van der Waals surface area contributed by atoms with E-state index in [4.69, 9.17) is 23.8 Å². The highest BCUT2D eigenvalue weighted by Gasteiger charge is 2.32. The second-order valence-electron chi connectivity index (χ2n) is 6.38.